The third-order valence-electron chi connectivity index (χ3n) is 7.91. The number of aromatic nitrogens is 6. The number of nitrogens with zero attached hydrogens (tertiary/aromatic N) is 6. The average Bonchev–Trinajstić information content (AvgIpc) is 3.83. The first kappa shape index (κ1) is 34.7. The van der Waals surface area contributed by atoms with Crippen molar-refractivity contribution in [1.29, 1.82) is 0 Å². The molecule has 0 amide bonds. The molecule has 0 aliphatic heterocycles. The summed E-state index contributed by atoms with van der Waals surface area (Å²) < 4.78 is 19.9. The largest absolute Gasteiger partial charge is 2.00 e. The summed E-state index contributed by atoms with van der Waals surface area (Å²) in [4.78, 5) is 22.5. The van der Waals surface area contributed by atoms with Gasteiger partial charge in [0.1, 0.15) is 6.26 Å². The zero-order valence-corrected chi connectivity index (χ0v) is 30.6. The number of pyridine rings is 2. The zero-order valence-electron chi connectivity index (χ0n) is 26.7. The second-order valence-electron chi connectivity index (χ2n) is 11.1. The molecule has 0 fully saturated rings. The minimum Gasteiger partial charge on any atom is -0.503 e. The molecule has 0 aliphatic rings. The number of hydrogen-bond acceptors (Lipinski definition) is 8. The van der Waals surface area contributed by atoms with Gasteiger partial charge >= 0.3 is 41.5 Å². The van der Waals surface area contributed by atoms with Crippen molar-refractivity contribution < 1.29 is 55.4 Å². The molecule has 0 saturated heterocycles. The molecule has 0 atom stereocenters. The van der Waals surface area contributed by atoms with Gasteiger partial charge in [0.15, 0.2) is 0 Å². The van der Waals surface area contributed by atoms with E-state index in [-0.39, 0.29) is 41.5 Å². The van der Waals surface area contributed by atoms with Crippen LogP contribution in [0, 0.1) is 24.3 Å². The van der Waals surface area contributed by atoms with Crippen molar-refractivity contribution in [1.82, 2.24) is 29.5 Å². The summed E-state index contributed by atoms with van der Waals surface area (Å²) >= 11 is 0. The van der Waals surface area contributed by atoms with E-state index in [2.05, 4.69) is 39.2 Å². The quantitative estimate of drug-likeness (QED) is 0.110. The number of benzene rings is 4. The van der Waals surface area contributed by atoms with Crippen molar-refractivity contribution in [2.45, 2.75) is 0 Å². The van der Waals surface area contributed by atoms with E-state index in [0.29, 0.717) is 51.4 Å². The Morgan fingerprint density at radius 1 is 0.519 bits per heavy atom. The Balaban J connectivity index is 0.00000210. The van der Waals surface area contributed by atoms with Gasteiger partial charge in [0.2, 0.25) is 11.8 Å². The molecular formula is C41H22N6O3PdPt. The van der Waals surface area contributed by atoms with Crippen molar-refractivity contribution in [2.24, 2.45) is 0 Å². The van der Waals surface area contributed by atoms with Crippen LogP contribution in [0.15, 0.2) is 139 Å². The Labute approximate surface area is 326 Å². The van der Waals surface area contributed by atoms with E-state index in [1.807, 2.05) is 102 Å². The van der Waals surface area contributed by atoms with Gasteiger partial charge in [-0.15, -0.1) is 71.8 Å². The van der Waals surface area contributed by atoms with Crippen LogP contribution in [-0.2, 0) is 41.5 Å². The van der Waals surface area contributed by atoms with Crippen molar-refractivity contribution in [3.63, 3.8) is 0 Å². The Kier molecular flexibility index (Phi) is 10.1. The van der Waals surface area contributed by atoms with Gasteiger partial charge in [-0.05, 0) is 23.5 Å². The van der Waals surface area contributed by atoms with E-state index >= 15 is 0 Å². The van der Waals surface area contributed by atoms with Gasteiger partial charge in [-0.25, -0.2) is 15.0 Å². The van der Waals surface area contributed by atoms with E-state index in [9.17, 15) is 0 Å². The van der Waals surface area contributed by atoms with Crippen molar-refractivity contribution in [3.8, 4) is 62.9 Å². The number of fused-ring (bicyclic) bond motifs is 3. The SMILES string of the molecule is [Pd+2].[Pt+2].[c-]1c(Oc2[c-]c3c(cc2)c2ccc(Oc4[c-]c(-c5ccccn5)ccc4)[c-]c2n3-c2ncc(-c3ncco3)cn2)cccc1-c1ccccn1. The standard InChI is InChI=1S/C41H22N6O3.Pd.Pt/c1-3-17-42-36(11-1)27-7-5-9-30(21-27)49-32-13-15-34-35-16-14-33(50-31-10-6-8-28(22-31)37-12-2-4-18-43-37)24-39(35)47(38(34)23-32)41-45-25-29(26-46-41)40-44-19-20-48-40;;/h1-20,25-26H;;/q-4;2*+2. The van der Waals surface area contributed by atoms with Gasteiger partial charge in [-0.1, -0.05) is 47.4 Å². The predicted octanol–water partition coefficient (Wildman–Crippen LogP) is 9.13. The number of oxazole rings is 1. The molecule has 9 nitrogen and oxygen atoms in total. The fourth-order valence-corrected chi connectivity index (χ4v) is 5.65. The maximum absolute atomic E-state index is 6.30. The van der Waals surface area contributed by atoms with Gasteiger partial charge in [0.05, 0.1) is 11.8 Å². The molecule has 4 aromatic carbocycles. The molecule has 9 aromatic rings. The minimum atomic E-state index is 0. The molecule has 5 aromatic heterocycles. The second kappa shape index (κ2) is 15.2. The molecule has 11 heteroatoms. The van der Waals surface area contributed by atoms with E-state index in [1.54, 1.807) is 31.0 Å². The van der Waals surface area contributed by atoms with E-state index in [1.165, 1.54) is 6.26 Å². The summed E-state index contributed by atoms with van der Waals surface area (Å²) in [6.45, 7) is 0. The van der Waals surface area contributed by atoms with Crippen LogP contribution in [0.5, 0.6) is 23.0 Å². The minimum absolute atomic E-state index is 0. The van der Waals surface area contributed by atoms with E-state index < -0.39 is 0 Å². The Hall–Kier alpha value is -5.78. The first-order chi connectivity index (χ1) is 24.7. The van der Waals surface area contributed by atoms with Crippen LogP contribution in [-0.4, -0.2) is 29.5 Å². The second-order valence-corrected chi connectivity index (χ2v) is 11.1. The molecule has 0 spiro atoms. The van der Waals surface area contributed by atoms with Crippen molar-refractivity contribution >= 4 is 21.8 Å². The van der Waals surface area contributed by atoms with Crippen LogP contribution < -0.4 is 9.47 Å². The summed E-state index contributed by atoms with van der Waals surface area (Å²) in [7, 11) is 0. The Bertz CT molecular complexity index is 2460. The van der Waals surface area contributed by atoms with E-state index in [0.717, 1.165) is 33.3 Å². The summed E-state index contributed by atoms with van der Waals surface area (Å²) in [6, 6.07) is 44.2. The maximum atomic E-state index is 6.30. The third-order valence-corrected chi connectivity index (χ3v) is 7.91. The fraction of sp³-hybridized carbons (Fsp3) is 0. The van der Waals surface area contributed by atoms with Gasteiger partial charge in [0, 0.05) is 47.8 Å². The molecule has 0 aliphatic carbocycles. The molecule has 0 unspecified atom stereocenters. The Morgan fingerprint density at radius 2 is 1.06 bits per heavy atom. The first-order valence-corrected chi connectivity index (χ1v) is 15.6. The maximum Gasteiger partial charge on any atom is 2.00 e. The number of hydrogen-bond donors (Lipinski definition) is 0. The van der Waals surface area contributed by atoms with Gasteiger partial charge in [-0.3, -0.25) is 0 Å². The summed E-state index contributed by atoms with van der Waals surface area (Å²) in [5.41, 5.74) is 5.28. The molecule has 0 N–H and O–H groups in total. The van der Waals surface area contributed by atoms with Crippen LogP contribution in [0.2, 0.25) is 0 Å². The summed E-state index contributed by atoms with van der Waals surface area (Å²) in [5.74, 6) is 2.87. The van der Waals surface area contributed by atoms with Crippen LogP contribution in [0.4, 0.5) is 0 Å². The summed E-state index contributed by atoms with van der Waals surface area (Å²) in [5, 5.41) is 1.82. The van der Waals surface area contributed by atoms with Crippen LogP contribution in [0.25, 0.3) is 61.7 Å². The van der Waals surface area contributed by atoms with Crippen LogP contribution in [0.1, 0.15) is 0 Å². The van der Waals surface area contributed by atoms with Crippen LogP contribution >= 0.6 is 0 Å². The van der Waals surface area contributed by atoms with Gasteiger partial charge < -0.3 is 28.4 Å². The van der Waals surface area contributed by atoms with Crippen molar-refractivity contribution in [3.05, 3.63) is 159 Å². The smallest absolute Gasteiger partial charge is 0.503 e. The predicted molar refractivity (Wildman–Crippen MR) is 187 cm³/mol. The molecule has 0 bridgehead atoms. The molecule has 5 heterocycles. The molecule has 9 rings (SSSR count). The Morgan fingerprint density at radius 3 is 1.54 bits per heavy atom. The molecule has 0 radical (unpaired) electrons. The average molecular weight is 948 g/mol. The normalized spacial score (nSPS) is 10.8. The third kappa shape index (κ3) is 6.92. The fourth-order valence-electron chi connectivity index (χ4n) is 5.65. The molecule has 254 valence electrons. The molecular weight excluding hydrogens is 926 g/mol. The summed E-state index contributed by atoms with van der Waals surface area (Å²) in [6.07, 6.45) is 9.93. The molecule has 52 heavy (non-hydrogen) atoms. The van der Waals surface area contributed by atoms with E-state index in [4.69, 9.17) is 23.9 Å². The van der Waals surface area contributed by atoms with Crippen molar-refractivity contribution in [2.75, 3.05) is 0 Å². The van der Waals surface area contributed by atoms with Gasteiger partial charge in [0.25, 0.3) is 0 Å². The first-order valence-electron chi connectivity index (χ1n) is 15.6. The van der Waals surface area contributed by atoms with Crippen LogP contribution in [0.3, 0.4) is 0 Å². The molecule has 0 saturated carbocycles. The number of ether oxygens (including phenoxy) is 2. The monoisotopic (exact) mass is 947 g/mol. The van der Waals surface area contributed by atoms with Gasteiger partial charge in [-0.2, -0.15) is 22.9 Å². The zero-order chi connectivity index (χ0) is 33.3. The number of rotatable bonds is 8. The topological polar surface area (TPSA) is 101 Å².